The number of phenolic OH excluding ortho intramolecular Hbond substituents is 1. The van der Waals surface area contributed by atoms with Gasteiger partial charge in [0.1, 0.15) is 5.75 Å². The number of aliphatic hydroxyl groups excluding tert-OH is 1. The maximum absolute atomic E-state index is 10.6. The second-order valence-electron chi connectivity index (χ2n) is 8.90. The fourth-order valence-corrected chi connectivity index (χ4v) is 6.43. The molecule has 4 rings (SSSR count). The Morgan fingerprint density at radius 3 is 2.84 bits per heavy atom. The average molecular weight is 344 g/mol. The third kappa shape index (κ3) is 2.80. The number of methoxy groups -OCH3 is 1. The summed E-state index contributed by atoms with van der Waals surface area (Å²) in [6.45, 7) is 3.14. The Morgan fingerprint density at radius 2 is 2.04 bits per heavy atom. The van der Waals surface area contributed by atoms with Gasteiger partial charge in [-0.25, -0.2) is 0 Å². The number of phenols is 1. The maximum atomic E-state index is 10.6. The van der Waals surface area contributed by atoms with E-state index in [4.69, 9.17) is 4.74 Å². The minimum Gasteiger partial charge on any atom is -0.508 e. The van der Waals surface area contributed by atoms with Crippen LogP contribution in [0.4, 0.5) is 0 Å². The summed E-state index contributed by atoms with van der Waals surface area (Å²) < 4.78 is 5.27. The molecule has 1 aromatic rings. The molecule has 3 aliphatic rings. The summed E-state index contributed by atoms with van der Waals surface area (Å²) in [5.74, 6) is 2.84. The molecule has 2 saturated carbocycles. The van der Waals surface area contributed by atoms with Crippen molar-refractivity contribution in [3.05, 3.63) is 29.3 Å². The monoisotopic (exact) mass is 344 g/mol. The molecule has 0 bridgehead atoms. The molecule has 6 atom stereocenters. The number of fused-ring (bicyclic) bond motifs is 5. The highest BCUT2D eigenvalue weighted by Gasteiger charge is 2.55. The van der Waals surface area contributed by atoms with E-state index in [1.54, 1.807) is 7.11 Å². The van der Waals surface area contributed by atoms with E-state index in [9.17, 15) is 10.2 Å². The van der Waals surface area contributed by atoms with Crippen molar-refractivity contribution in [1.29, 1.82) is 0 Å². The van der Waals surface area contributed by atoms with E-state index < -0.39 is 0 Å². The van der Waals surface area contributed by atoms with E-state index in [1.807, 2.05) is 12.1 Å². The van der Waals surface area contributed by atoms with Crippen LogP contribution in [0.2, 0.25) is 0 Å². The van der Waals surface area contributed by atoms with Crippen molar-refractivity contribution in [3.8, 4) is 5.75 Å². The number of aliphatic hydroxyl groups is 1. The lowest BCUT2D eigenvalue weighted by Crippen LogP contribution is -2.44. The summed E-state index contributed by atoms with van der Waals surface area (Å²) >= 11 is 0. The number of hydrogen-bond acceptors (Lipinski definition) is 3. The van der Waals surface area contributed by atoms with Crippen LogP contribution in [0.1, 0.15) is 74.8 Å². The summed E-state index contributed by atoms with van der Waals surface area (Å²) in [5, 5.41) is 20.6. The van der Waals surface area contributed by atoms with Gasteiger partial charge in [-0.3, -0.25) is 0 Å². The Labute approximate surface area is 151 Å². The fourth-order valence-electron chi connectivity index (χ4n) is 6.43. The van der Waals surface area contributed by atoms with Gasteiger partial charge in [-0.15, -0.1) is 0 Å². The second kappa shape index (κ2) is 6.59. The van der Waals surface area contributed by atoms with Gasteiger partial charge >= 0.3 is 0 Å². The van der Waals surface area contributed by atoms with Gasteiger partial charge in [-0.1, -0.05) is 13.0 Å². The molecule has 0 radical (unpaired) electrons. The first-order chi connectivity index (χ1) is 12.0. The number of ether oxygens (including phenoxy) is 1. The summed E-state index contributed by atoms with van der Waals surface area (Å²) in [5.41, 5.74) is 2.96. The largest absolute Gasteiger partial charge is 0.508 e. The number of hydrogen-bond donors (Lipinski definition) is 2. The van der Waals surface area contributed by atoms with Crippen molar-refractivity contribution in [3.63, 3.8) is 0 Å². The molecule has 2 N–H and O–H groups in total. The zero-order valence-corrected chi connectivity index (χ0v) is 15.6. The summed E-state index contributed by atoms with van der Waals surface area (Å²) in [7, 11) is 1.77. The number of rotatable bonds is 4. The highest BCUT2D eigenvalue weighted by Crippen LogP contribution is 2.62. The Bertz CT molecular complexity index is 628. The molecule has 138 valence electrons. The Balaban J connectivity index is 1.67. The molecular formula is C22H32O3. The van der Waals surface area contributed by atoms with Crippen LogP contribution in [0.25, 0.3) is 0 Å². The van der Waals surface area contributed by atoms with Crippen molar-refractivity contribution >= 4 is 0 Å². The SMILES string of the molecule is COCCC[C@@H]1C[C@@H]2[C@H](CC[C@]3(C)[C@@H](O)CC[C@@H]23)c2ccc(O)cc21. The van der Waals surface area contributed by atoms with Gasteiger partial charge in [-0.2, -0.15) is 0 Å². The Hall–Kier alpha value is -1.06. The van der Waals surface area contributed by atoms with E-state index in [0.717, 1.165) is 32.3 Å². The van der Waals surface area contributed by atoms with Gasteiger partial charge in [-0.05, 0) is 97.3 Å². The lowest BCUT2D eigenvalue weighted by Gasteiger charge is -2.51. The molecule has 1 aromatic carbocycles. The molecule has 0 aromatic heterocycles. The second-order valence-corrected chi connectivity index (χ2v) is 8.90. The third-order valence-corrected chi connectivity index (χ3v) is 7.75. The molecule has 3 nitrogen and oxygen atoms in total. The topological polar surface area (TPSA) is 49.7 Å². The van der Waals surface area contributed by atoms with Crippen LogP contribution in [0, 0.1) is 17.3 Å². The standard InChI is InChI=1S/C22H32O3/c1-22-10-9-17-16-6-5-15(23)13-18(16)14(4-3-11-25-2)12-19(17)20(22)7-8-21(22)24/h5-6,13-14,17,19-21,23-24H,3-4,7-12H2,1-2H3/t14-,17-,19-,20+,21+,22+/m1/s1. The molecule has 0 spiro atoms. The normalized spacial score (nSPS) is 39.6. The van der Waals surface area contributed by atoms with Gasteiger partial charge in [0.2, 0.25) is 0 Å². The fraction of sp³-hybridized carbons (Fsp3) is 0.727. The Morgan fingerprint density at radius 1 is 1.20 bits per heavy atom. The molecule has 2 fully saturated rings. The van der Waals surface area contributed by atoms with E-state index in [-0.39, 0.29) is 11.5 Å². The van der Waals surface area contributed by atoms with E-state index >= 15 is 0 Å². The van der Waals surface area contributed by atoms with Crippen LogP contribution < -0.4 is 0 Å². The van der Waals surface area contributed by atoms with Crippen LogP contribution in [0.5, 0.6) is 5.75 Å². The first kappa shape index (κ1) is 17.4. The average Bonchev–Trinajstić information content (AvgIpc) is 2.90. The molecule has 0 heterocycles. The summed E-state index contributed by atoms with van der Waals surface area (Å²) in [4.78, 5) is 0. The van der Waals surface area contributed by atoms with Crippen molar-refractivity contribution in [2.24, 2.45) is 17.3 Å². The van der Waals surface area contributed by atoms with Crippen LogP contribution >= 0.6 is 0 Å². The van der Waals surface area contributed by atoms with Gasteiger partial charge < -0.3 is 14.9 Å². The van der Waals surface area contributed by atoms with Gasteiger partial charge in [0.05, 0.1) is 6.10 Å². The number of benzene rings is 1. The zero-order valence-electron chi connectivity index (χ0n) is 15.6. The van der Waals surface area contributed by atoms with Gasteiger partial charge in [0.25, 0.3) is 0 Å². The first-order valence-corrected chi connectivity index (χ1v) is 10.0. The van der Waals surface area contributed by atoms with Crippen molar-refractivity contribution in [2.75, 3.05) is 13.7 Å². The van der Waals surface area contributed by atoms with Crippen LogP contribution in [-0.4, -0.2) is 30.0 Å². The molecule has 3 aliphatic carbocycles. The van der Waals surface area contributed by atoms with Crippen LogP contribution in [0.15, 0.2) is 18.2 Å². The van der Waals surface area contributed by atoms with Crippen molar-refractivity contribution in [1.82, 2.24) is 0 Å². The van der Waals surface area contributed by atoms with Crippen molar-refractivity contribution in [2.45, 2.75) is 69.8 Å². The predicted molar refractivity (Wildman–Crippen MR) is 98.9 cm³/mol. The maximum Gasteiger partial charge on any atom is 0.115 e. The lowest BCUT2D eigenvalue weighted by molar-refractivity contribution is -0.0253. The molecule has 0 amide bonds. The third-order valence-electron chi connectivity index (χ3n) is 7.75. The first-order valence-electron chi connectivity index (χ1n) is 10.0. The molecule has 25 heavy (non-hydrogen) atoms. The van der Waals surface area contributed by atoms with Gasteiger partial charge in [0, 0.05) is 13.7 Å². The highest BCUT2D eigenvalue weighted by atomic mass is 16.5. The molecular weight excluding hydrogens is 312 g/mol. The highest BCUT2D eigenvalue weighted by molar-refractivity contribution is 5.42. The summed E-state index contributed by atoms with van der Waals surface area (Å²) in [6.07, 6.45) is 7.74. The molecule has 0 unspecified atom stereocenters. The minimum absolute atomic E-state index is 0.118. The van der Waals surface area contributed by atoms with Crippen molar-refractivity contribution < 1.29 is 14.9 Å². The molecule has 3 heteroatoms. The molecule has 0 saturated heterocycles. The van der Waals surface area contributed by atoms with E-state index in [0.29, 0.717) is 29.4 Å². The van der Waals surface area contributed by atoms with Gasteiger partial charge in [0.15, 0.2) is 0 Å². The Kier molecular flexibility index (Phi) is 4.57. The smallest absolute Gasteiger partial charge is 0.115 e. The van der Waals surface area contributed by atoms with E-state index in [1.165, 1.54) is 30.4 Å². The quantitative estimate of drug-likeness (QED) is 0.786. The number of aromatic hydroxyl groups is 1. The lowest BCUT2D eigenvalue weighted by atomic mass is 9.53. The van der Waals surface area contributed by atoms with Crippen LogP contribution in [0.3, 0.4) is 0 Å². The minimum atomic E-state index is -0.119. The van der Waals surface area contributed by atoms with Crippen LogP contribution in [-0.2, 0) is 4.74 Å². The predicted octanol–water partition coefficient (Wildman–Crippen LogP) is 4.58. The van der Waals surface area contributed by atoms with E-state index in [2.05, 4.69) is 13.0 Å². The zero-order chi connectivity index (χ0) is 17.6. The molecule has 0 aliphatic heterocycles. The summed E-state index contributed by atoms with van der Waals surface area (Å²) in [6, 6.07) is 6.06.